The monoisotopic (exact) mass is 266 g/mol. The summed E-state index contributed by atoms with van der Waals surface area (Å²) in [6.45, 7) is 5.25. The highest BCUT2D eigenvalue weighted by Crippen LogP contribution is 2.29. The van der Waals surface area contributed by atoms with E-state index >= 15 is 0 Å². The van der Waals surface area contributed by atoms with Crippen LogP contribution in [0.25, 0.3) is 0 Å². The van der Waals surface area contributed by atoms with Crippen molar-refractivity contribution in [3.05, 3.63) is 30.3 Å². The van der Waals surface area contributed by atoms with Crippen LogP contribution in [0, 0.1) is 0 Å². The van der Waals surface area contributed by atoms with Crippen LogP contribution >= 0.6 is 11.8 Å². The lowest BCUT2D eigenvalue weighted by atomic mass is 9.98. The zero-order valence-electron chi connectivity index (χ0n) is 11.3. The van der Waals surface area contributed by atoms with Gasteiger partial charge in [-0.1, -0.05) is 38.0 Å². The summed E-state index contributed by atoms with van der Waals surface area (Å²) in [5.74, 6) is -0.0789. The van der Waals surface area contributed by atoms with Gasteiger partial charge in [-0.05, 0) is 32.4 Å². The number of thioether (sulfide) groups is 1. The Morgan fingerprint density at radius 1 is 1.33 bits per heavy atom. The van der Waals surface area contributed by atoms with Crippen molar-refractivity contribution in [2.45, 2.75) is 55.8 Å². The molecule has 100 valence electrons. The van der Waals surface area contributed by atoms with Crippen molar-refractivity contribution >= 4 is 17.5 Å². The Kier molecular flexibility index (Phi) is 5.89. The first-order valence-corrected chi connectivity index (χ1v) is 7.31. The Morgan fingerprint density at radius 3 is 2.44 bits per heavy atom. The molecule has 0 heterocycles. The van der Waals surface area contributed by atoms with Gasteiger partial charge in [0.15, 0.2) is 5.78 Å². The highest BCUT2D eigenvalue weighted by atomic mass is 32.2. The smallest absolute Gasteiger partial charge is 0.177 e. The predicted octanol–water partition coefficient (Wildman–Crippen LogP) is 3.68. The van der Waals surface area contributed by atoms with E-state index in [0.717, 1.165) is 24.2 Å². The first-order chi connectivity index (χ1) is 8.45. The average Bonchev–Trinajstić information content (AvgIpc) is 2.33. The average molecular weight is 266 g/mol. The number of ketones is 1. The van der Waals surface area contributed by atoms with Crippen molar-refractivity contribution in [1.82, 2.24) is 0 Å². The molecule has 1 aromatic carbocycles. The van der Waals surface area contributed by atoms with E-state index in [1.54, 1.807) is 25.6 Å². The number of aliphatic hydroxyl groups is 1. The number of carbonyl (C=O) groups is 1. The Labute approximate surface area is 114 Å². The normalized spacial score (nSPS) is 13.3. The number of unbranched alkanes of at least 4 members (excludes halogenated alkanes) is 1. The summed E-state index contributed by atoms with van der Waals surface area (Å²) in [5, 5.41) is 9.71. The van der Waals surface area contributed by atoms with E-state index in [9.17, 15) is 9.90 Å². The third kappa shape index (κ3) is 4.83. The Morgan fingerprint density at radius 2 is 1.94 bits per heavy atom. The van der Waals surface area contributed by atoms with E-state index < -0.39 is 5.60 Å². The van der Waals surface area contributed by atoms with Gasteiger partial charge >= 0.3 is 0 Å². The van der Waals surface area contributed by atoms with Crippen molar-refractivity contribution < 1.29 is 9.90 Å². The van der Waals surface area contributed by atoms with Crippen LogP contribution in [0.2, 0.25) is 0 Å². The number of hydrogen-bond donors (Lipinski definition) is 1. The Bertz CT molecular complexity index is 368. The van der Waals surface area contributed by atoms with Crippen molar-refractivity contribution in [3.63, 3.8) is 0 Å². The van der Waals surface area contributed by atoms with Crippen LogP contribution in [-0.2, 0) is 4.79 Å². The summed E-state index contributed by atoms with van der Waals surface area (Å²) in [7, 11) is 0. The highest BCUT2D eigenvalue weighted by Gasteiger charge is 2.31. The first-order valence-electron chi connectivity index (χ1n) is 6.43. The van der Waals surface area contributed by atoms with Crippen molar-refractivity contribution in [2.75, 3.05) is 0 Å². The molecular formula is C15H22O2S. The highest BCUT2D eigenvalue weighted by molar-refractivity contribution is 8.00. The van der Waals surface area contributed by atoms with Gasteiger partial charge in [0.2, 0.25) is 0 Å². The van der Waals surface area contributed by atoms with Gasteiger partial charge < -0.3 is 5.11 Å². The second kappa shape index (κ2) is 6.95. The number of Topliss-reactive ketones (excluding diaryl/α,β-unsaturated/α-hetero) is 1. The number of rotatable bonds is 7. The number of benzene rings is 1. The molecule has 0 aliphatic carbocycles. The molecule has 1 N–H and O–H groups in total. The van der Waals surface area contributed by atoms with E-state index in [1.807, 2.05) is 30.3 Å². The van der Waals surface area contributed by atoms with E-state index in [0.29, 0.717) is 0 Å². The fourth-order valence-electron chi connectivity index (χ4n) is 1.69. The minimum atomic E-state index is -1.25. The Hall–Kier alpha value is -0.800. The third-order valence-corrected chi connectivity index (χ3v) is 4.02. The van der Waals surface area contributed by atoms with Gasteiger partial charge in [-0.15, -0.1) is 11.8 Å². The lowest BCUT2D eigenvalue weighted by Gasteiger charge is -2.23. The molecule has 0 fully saturated rings. The maximum absolute atomic E-state index is 12.2. The van der Waals surface area contributed by atoms with Crippen LogP contribution in [-0.4, -0.2) is 21.7 Å². The molecular weight excluding hydrogens is 244 g/mol. The molecule has 0 amide bonds. The number of carbonyl (C=O) groups excluding carboxylic acids is 1. The molecule has 0 radical (unpaired) electrons. The van der Waals surface area contributed by atoms with Gasteiger partial charge in [0, 0.05) is 4.90 Å². The van der Waals surface area contributed by atoms with E-state index in [1.165, 1.54) is 0 Å². The van der Waals surface area contributed by atoms with Crippen LogP contribution < -0.4 is 0 Å². The quantitative estimate of drug-likeness (QED) is 0.765. The molecule has 0 aliphatic heterocycles. The van der Waals surface area contributed by atoms with Crippen LogP contribution in [0.3, 0.4) is 0 Å². The summed E-state index contributed by atoms with van der Waals surface area (Å²) >= 11 is 1.55. The SMILES string of the molecule is CCCCC(Sc1ccccc1)C(=O)C(C)(C)O. The molecule has 0 spiro atoms. The lowest BCUT2D eigenvalue weighted by Crippen LogP contribution is -2.38. The second-order valence-electron chi connectivity index (χ2n) is 4.99. The summed E-state index contributed by atoms with van der Waals surface area (Å²) in [4.78, 5) is 13.3. The molecule has 1 atom stereocenters. The molecule has 1 rings (SSSR count). The molecule has 3 heteroatoms. The van der Waals surface area contributed by atoms with Gasteiger partial charge in [0.25, 0.3) is 0 Å². The Balaban J connectivity index is 2.76. The summed E-state index contributed by atoms with van der Waals surface area (Å²) in [5.41, 5.74) is -1.25. The molecule has 18 heavy (non-hydrogen) atoms. The fraction of sp³-hybridized carbons (Fsp3) is 0.533. The van der Waals surface area contributed by atoms with Gasteiger partial charge in [0.1, 0.15) is 5.60 Å². The second-order valence-corrected chi connectivity index (χ2v) is 6.26. The topological polar surface area (TPSA) is 37.3 Å². The van der Waals surface area contributed by atoms with Crippen LogP contribution in [0.15, 0.2) is 35.2 Å². The fourth-order valence-corrected chi connectivity index (χ4v) is 3.01. The van der Waals surface area contributed by atoms with Gasteiger partial charge in [0.05, 0.1) is 5.25 Å². The minimum absolute atomic E-state index is 0.0789. The molecule has 1 unspecified atom stereocenters. The van der Waals surface area contributed by atoms with Crippen LogP contribution in [0.1, 0.15) is 40.0 Å². The maximum Gasteiger partial charge on any atom is 0.177 e. The lowest BCUT2D eigenvalue weighted by molar-refractivity contribution is -0.133. The first kappa shape index (κ1) is 15.3. The molecule has 0 aromatic heterocycles. The van der Waals surface area contributed by atoms with E-state index in [-0.39, 0.29) is 11.0 Å². The largest absolute Gasteiger partial charge is 0.383 e. The van der Waals surface area contributed by atoms with Crippen molar-refractivity contribution in [2.24, 2.45) is 0 Å². The van der Waals surface area contributed by atoms with Gasteiger partial charge in [-0.3, -0.25) is 4.79 Å². The molecule has 0 aliphatic rings. The molecule has 0 bridgehead atoms. The van der Waals surface area contributed by atoms with Crippen LogP contribution in [0.5, 0.6) is 0 Å². The van der Waals surface area contributed by atoms with Crippen molar-refractivity contribution in [3.8, 4) is 0 Å². The molecule has 1 aromatic rings. The zero-order chi connectivity index (χ0) is 13.6. The molecule has 0 saturated carbocycles. The third-order valence-electron chi connectivity index (χ3n) is 2.74. The molecule has 0 saturated heterocycles. The zero-order valence-corrected chi connectivity index (χ0v) is 12.2. The van der Waals surface area contributed by atoms with Gasteiger partial charge in [-0.25, -0.2) is 0 Å². The predicted molar refractivity (Wildman–Crippen MR) is 76.9 cm³/mol. The van der Waals surface area contributed by atoms with E-state index in [4.69, 9.17) is 0 Å². The van der Waals surface area contributed by atoms with Crippen LogP contribution in [0.4, 0.5) is 0 Å². The molecule has 2 nitrogen and oxygen atoms in total. The standard InChI is InChI=1S/C15H22O2S/c1-4-5-11-13(14(16)15(2,3)17)18-12-9-7-6-8-10-12/h6-10,13,17H,4-5,11H2,1-3H3. The van der Waals surface area contributed by atoms with E-state index in [2.05, 4.69) is 6.92 Å². The minimum Gasteiger partial charge on any atom is -0.383 e. The number of hydrogen-bond acceptors (Lipinski definition) is 3. The van der Waals surface area contributed by atoms with Crippen molar-refractivity contribution in [1.29, 1.82) is 0 Å². The maximum atomic E-state index is 12.2. The summed E-state index contributed by atoms with van der Waals surface area (Å²) in [6, 6.07) is 9.90. The summed E-state index contributed by atoms with van der Waals surface area (Å²) < 4.78 is 0. The summed E-state index contributed by atoms with van der Waals surface area (Å²) in [6.07, 6.45) is 2.89. The van der Waals surface area contributed by atoms with Gasteiger partial charge in [-0.2, -0.15) is 0 Å².